The number of nitro benzene ring substituents is 1. The SMILES string of the molecule is Cl.NC[C@H]1CCC[C@H]1C(=O)N1CCN(S(=O)(=O)c2ccccc2[N+](=O)[O-])CC1. The molecule has 1 aromatic rings. The number of nitro groups is 1. The van der Waals surface area contributed by atoms with Crippen LogP contribution in [0.5, 0.6) is 0 Å². The fourth-order valence-electron chi connectivity index (χ4n) is 3.99. The number of hydrogen-bond acceptors (Lipinski definition) is 6. The van der Waals surface area contributed by atoms with Crippen molar-refractivity contribution in [3.8, 4) is 0 Å². The van der Waals surface area contributed by atoms with Crippen LogP contribution in [0.2, 0.25) is 0 Å². The van der Waals surface area contributed by atoms with Crippen LogP contribution in [0, 0.1) is 22.0 Å². The zero-order chi connectivity index (χ0) is 19.6. The molecule has 1 aliphatic carbocycles. The highest BCUT2D eigenvalue weighted by atomic mass is 35.5. The first-order chi connectivity index (χ1) is 12.9. The number of carbonyl (C=O) groups is 1. The van der Waals surface area contributed by atoms with Crippen molar-refractivity contribution in [3.63, 3.8) is 0 Å². The average molecular weight is 433 g/mol. The molecule has 28 heavy (non-hydrogen) atoms. The zero-order valence-corrected chi connectivity index (χ0v) is 17.0. The van der Waals surface area contributed by atoms with Gasteiger partial charge >= 0.3 is 0 Å². The molecule has 3 rings (SSSR count). The Balaban J connectivity index is 0.00000280. The molecule has 0 aromatic heterocycles. The Labute approximate surface area is 170 Å². The van der Waals surface area contributed by atoms with E-state index in [-0.39, 0.29) is 61.2 Å². The summed E-state index contributed by atoms with van der Waals surface area (Å²) in [7, 11) is -3.99. The molecular formula is C17H25ClN4O5S. The van der Waals surface area contributed by atoms with E-state index in [4.69, 9.17) is 5.73 Å². The smallest absolute Gasteiger partial charge is 0.289 e. The van der Waals surface area contributed by atoms with Crippen LogP contribution < -0.4 is 5.73 Å². The van der Waals surface area contributed by atoms with Gasteiger partial charge < -0.3 is 10.6 Å². The molecule has 0 spiro atoms. The van der Waals surface area contributed by atoms with Crippen LogP contribution in [0.3, 0.4) is 0 Å². The highest BCUT2D eigenvalue weighted by Crippen LogP contribution is 2.33. The lowest BCUT2D eigenvalue weighted by Crippen LogP contribution is -2.52. The summed E-state index contributed by atoms with van der Waals surface area (Å²) in [5, 5.41) is 11.2. The van der Waals surface area contributed by atoms with Crippen LogP contribution in [-0.2, 0) is 14.8 Å². The first-order valence-electron chi connectivity index (χ1n) is 9.08. The predicted molar refractivity (Wildman–Crippen MR) is 106 cm³/mol. The van der Waals surface area contributed by atoms with Gasteiger partial charge in [0, 0.05) is 38.2 Å². The van der Waals surface area contributed by atoms with Crippen LogP contribution in [0.15, 0.2) is 29.2 Å². The van der Waals surface area contributed by atoms with Gasteiger partial charge in [0.05, 0.1) is 4.92 Å². The van der Waals surface area contributed by atoms with E-state index in [1.807, 2.05) is 0 Å². The Morgan fingerprint density at radius 1 is 1.18 bits per heavy atom. The summed E-state index contributed by atoms with van der Waals surface area (Å²) < 4.78 is 26.9. The summed E-state index contributed by atoms with van der Waals surface area (Å²) in [6, 6.07) is 5.32. The molecule has 2 aliphatic rings. The van der Waals surface area contributed by atoms with Gasteiger partial charge in [-0.15, -0.1) is 12.4 Å². The molecule has 1 aliphatic heterocycles. The van der Waals surface area contributed by atoms with Crippen LogP contribution >= 0.6 is 12.4 Å². The Morgan fingerprint density at radius 3 is 2.43 bits per heavy atom. The first kappa shape index (κ1) is 22.5. The molecule has 11 heteroatoms. The largest absolute Gasteiger partial charge is 0.340 e. The number of piperazine rings is 1. The second-order valence-electron chi connectivity index (χ2n) is 6.99. The summed E-state index contributed by atoms with van der Waals surface area (Å²) in [5.41, 5.74) is 5.32. The highest BCUT2D eigenvalue weighted by Gasteiger charge is 2.38. The van der Waals surface area contributed by atoms with Crippen LogP contribution in [0.4, 0.5) is 5.69 Å². The van der Waals surface area contributed by atoms with Crippen molar-refractivity contribution in [3.05, 3.63) is 34.4 Å². The van der Waals surface area contributed by atoms with Gasteiger partial charge in [0.25, 0.3) is 5.69 Å². The van der Waals surface area contributed by atoms with Crippen molar-refractivity contribution >= 4 is 34.0 Å². The van der Waals surface area contributed by atoms with E-state index in [2.05, 4.69) is 0 Å². The van der Waals surface area contributed by atoms with Gasteiger partial charge in [0.1, 0.15) is 0 Å². The molecule has 2 fully saturated rings. The third kappa shape index (κ3) is 4.29. The normalized spacial score (nSPS) is 23.2. The number of sulfonamides is 1. The molecule has 0 radical (unpaired) electrons. The number of carbonyl (C=O) groups excluding carboxylic acids is 1. The van der Waals surface area contributed by atoms with Crippen LogP contribution in [-0.4, -0.2) is 61.2 Å². The van der Waals surface area contributed by atoms with E-state index >= 15 is 0 Å². The molecule has 156 valence electrons. The number of rotatable bonds is 5. The number of nitrogens with zero attached hydrogens (tertiary/aromatic N) is 3. The highest BCUT2D eigenvalue weighted by molar-refractivity contribution is 7.89. The third-order valence-corrected chi connectivity index (χ3v) is 7.46. The Hall–Kier alpha value is -1.75. The maximum atomic E-state index is 12.8. The Morgan fingerprint density at radius 2 is 1.82 bits per heavy atom. The summed E-state index contributed by atoms with van der Waals surface area (Å²) in [6.45, 7) is 1.31. The number of para-hydroxylation sites is 1. The Bertz CT molecular complexity index is 827. The standard InChI is InChI=1S/C17H24N4O5S.ClH/c18-12-13-4-3-5-14(13)17(22)19-8-10-20(11-9-19)27(25,26)16-7-2-1-6-15(16)21(23)24;/h1-2,6-7,13-14H,3-5,8-12,18H2;1H/t13-,14-;/m1./s1. The van der Waals surface area contributed by atoms with Crippen molar-refractivity contribution in [2.75, 3.05) is 32.7 Å². The van der Waals surface area contributed by atoms with Crippen molar-refractivity contribution in [1.29, 1.82) is 0 Å². The first-order valence-corrected chi connectivity index (χ1v) is 10.5. The van der Waals surface area contributed by atoms with E-state index in [1.165, 1.54) is 28.6 Å². The predicted octanol–water partition coefficient (Wildman–Crippen LogP) is 1.22. The summed E-state index contributed by atoms with van der Waals surface area (Å²) in [5.74, 6) is 0.172. The second-order valence-corrected chi connectivity index (χ2v) is 8.89. The van der Waals surface area contributed by atoms with Crippen molar-refractivity contribution in [2.45, 2.75) is 24.2 Å². The minimum atomic E-state index is -3.99. The molecule has 0 bridgehead atoms. The lowest BCUT2D eigenvalue weighted by atomic mass is 9.94. The minimum Gasteiger partial charge on any atom is -0.340 e. The zero-order valence-electron chi connectivity index (χ0n) is 15.4. The van der Waals surface area contributed by atoms with Crippen LogP contribution in [0.25, 0.3) is 0 Å². The molecule has 1 aromatic carbocycles. The Kier molecular flexibility index (Phi) is 7.38. The lowest BCUT2D eigenvalue weighted by molar-refractivity contribution is -0.387. The maximum Gasteiger partial charge on any atom is 0.289 e. The number of nitrogens with two attached hydrogens (primary N) is 1. The number of benzene rings is 1. The van der Waals surface area contributed by atoms with Gasteiger partial charge in [-0.25, -0.2) is 8.42 Å². The molecule has 1 heterocycles. The van der Waals surface area contributed by atoms with Gasteiger partial charge in [-0.1, -0.05) is 18.6 Å². The van der Waals surface area contributed by atoms with E-state index in [9.17, 15) is 23.3 Å². The molecule has 1 saturated heterocycles. The third-order valence-electron chi connectivity index (χ3n) is 5.51. The maximum absolute atomic E-state index is 12.8. The lowest BCUT2D eigenvalue weighted by Gasteiger charge is -2.36. The summed E-state index contributed by atoms with van der Waals surface area (Å²) in [4.78, 5) is 24.6. The molecule has 2 atom stereocenters. The van der Waals surface area contributed by atoms with E-state index in [1.54, 1.807) is 4.90 Å². The summed E-state index contributed by atoms with van der Waals surface area (Å²) in [6.07, 6.45) is 2.78. The fraction of sp³-hybridized carbons (Fsp3) is 0.588. The van der Waals surface area contributed by atoms with Gasteiger partial charge in [-0.05, 0) is 31.4 Å². The van der Waals surface area contributed by atoms with Gasteiger partial charge in [0.2, 0.25) is 15.9 Å². The van der Waals surface area contributed by atoms with Crippen molar-refractivity contribution in [2.24, 2.45) is 17.6 Å². The molecule has 2 N–H and O–H groups in total. The molecule has 0 unspecified atom stereocenters. The van der Waals surface area contributed by atoms with Gasteiger partial charge in [-0.2, -0.15) is 4.31 Å². The molecular weight excluding hydrogens is 408 g/mol. The number of halogens is 1. The minimum absolute atomic E-state index is 0. The number of amides is 1. The molecule has 9 nitrogen and oxygen atoms in total. The van der Waals surface area contributed by atoms with E-state index in [0.717, 1.165) is 19.3 Å². The van der Waals surface area contributed by atoms with Gasteiger partial charge in [-0.3, -0.25) is 14.9 Å². The summed E-state index contributed by atoms with van der Waals surface area (Å²) >= 11 is 0. The van der Waals surface area contributed by atoms with Gasteiger partial charge in [0.15, 0.2) is 4.90 Å². The quantitative estimate of drug-likeness (QED) is 0.550. The van der Waals surface area contributed by atoms with Crippen molar-refractivity contribution in [1.82, 2.24) is 9.21 Å². The van der Waals surface area contributed by atoms with Crippen LogP contribution in [0.1, 0.15) is 19.3 Å². The average Bonchev–Trinajstić information content (AvgIpc) is 3.16. The number of hydrogen-bond donors (Lipinski definition) is 1. The molecule has 1 amide bonds. The van der Waals surface area contributed by atoms with E-state index in [0.29, 0.717) is 6.54 Å². The second kappa shape index (κ2) is 9.17. The fourth-order valence-corrected chi connectivity index (χ4v) is 5.57. The van der Waals surface area contributed by atoms with E-state index < -0.39 is 20.6 Å². The molecule has 1 saturated carbocycles. The van der Waals surface area contributed by atoms with Crippen molar-refractivity contribution < 1.29 is 18.1 Å². The topological polar surface area (TPSA) is 127 Å². The monoisotopic (exact) mass is 432 g/mol.